The Balaban J connectivity index is 0. The molecule has 3 aromatic rings. The van der Waals surface area contributed by atoms with Crippen LogP contribution in [0, 0.1) is 13.8 Å². The molecule has 0 unspecified atom stereocenters. The van der Waals surface area contributed by atoms with Crippen LogP contribution in [0.2, 0.25) is 0 Å². The average Bonchev–Trinajstić information content (AvgIpc) is 3.04. The van der Waals surface area contributed by atoms with Crippen molar-refractivity contribution in [2.75, 3.05) is 27.1 Å². The van der Waals surface area contributed by atoms with E-state index in [0.717, 1.165) is 23.0 Å². The smallest absolute Gasteiger partial charge is 0.343 e. The van der Waals surface area contributed by atoms with E-state index >= 15 is 0 Å². The summed E-state index contributed by atoms with van der Waals surface area (Å²) in [5.74, 6) is 1.14. The van der Waals surface area contributed by atoms with Crippen LogP contribution in [-0.4, -0.2) is 44.8 Å². The molecule has 0 bridgehead atoms. The van der Waals surface area contributed by atoms with E-state index in [2.05, 4.69) is 37.6 Å². The third kappa shape index (κ3) is 20.6. The minimum absolute atomic E-state index is 0.0850. The monoisotopic (exact) mass is 592 g/mol. The molecular formula is C35H44O8. The number of hydrogen-bond donors (Lipinski definition) is 0. The molecule has 0 aromatic heterocycles. The molecule has 0 atom stereocenters. The Labute approximate surface area is 256 Å². The summed E-state index contributed by atoms with van der Waals surface area (Å²) in [5.41, 5.74) is 2.80. The Kier molecular flexibility index (Phi) is 24.3. The van der Waals surface area contributed by atoms with Crippen LogP contribution < -0.4 is 14.2 Å². The lowest BCUT2D eigenvalue weighted by Gasteiger charge is -2.05. The molecule has 0 radical (unpaired) electrons. The highest BCUT2D eigenvalue weighted by Gasteiger charge is 2.08. The minimum Gasteiger partial charge on any atom is -0.497 e. The third-order valence-corrected chi connectivity index (χ3v) is 4.68. The van der Waals surface area contributed by atoms with E-state index < -0.39 is 5.97 Å². The van der Waals surface area contributed by atoms with E-state index in [0.29, 0.717) is 23.7 Å². The first-order valence-corrected chi connectivity index (χ1v) is 13.2. The second kappa shape index (κ2) is 26.0. The van der Waals surface area contributed by atoms with Crippen molar-refractivity contribution in [1.82, 2.24) is 0 Å². The fourth-order valence-corrected chi connectivity index (χ4v) is 2.59. The quantitative estimate of drug-likeness (QED) is 0.0785. The molecule has 3 rings (SSSR count). The lowest BCUT2D eigenvalue weighted by atomic mass is 10.1. The van der Waals surface area contributed by atoms with Crippen molar-refractivity contribution in [3.05, 3.63) is 128 Å². The molecule has 0 aliphatic rings. The van der Waals surface area contributed by atoms with Crippen LogP contribution in [0.1, 0.15) is 35.3 Å². The molecule has 0 saturated carbocycles. The molecule has 0 amide bonds. The van der Waals surface area contributed by atoms with Crippen LogP contribution in [-0.2, 0) is 19.1 Å². The third-order valence-electron chi connectivity index (χ3n) is 4.68. The molecule has 0 aliphatic carbocycles. The van der Waals surface area contributed by atoms with E-state index in [-0.39, 0.29) is 25.2 Å². The van der Waals surface area contributed by atoms with Gasteiger partial charge in [-0.3, -0.25) is 4.79 Å². The van der Waals surface area contributed by atoms with Gasteiger partial charge in [-0.15, -0.1) is 26.3 Å². The van der Waals surface area contributed by atoms with Gasteiger partial charge in [-0.25, -0.2) is 9.59 Å². The summed E-state index contributed by atoms with van der Waals surface area (Å²) in [6.45, 7) is 23.4. The van der Waals surface area contributed by atoms with E-state index in [1.165, 1.54) is 6.92 Å². The van der Waals surface area contributed by atoms with Gasteiger partial charge in [0.25, 0.3) is 0 Å². The highest BCUT2D eigenvalue weighted by molar-refractivity contribution is 5.91. The molecule has 232 valence electrons. The number of aryl methyl sites for hydroxylation is 2. The van der Waals surface area contributed by atoms with Crippen LogP contribution in [0.15, 0.2) is 112 Å². The van der Waals surface area contributed by atoms with Gasteiger partial charge in [-0.05, 0) is 76.2 Å². The molecule has 3 aromatic carbocycles. The predicted molar refractivity (Wildman–Crippen MR) is 172 cm³/mol. The van der Waals surface area contributed by atoms with Crippen LogP contribution in [0.4, 0.5) is 0 Å². The van der Waals surface area contributed by atoms with Gasteiger partial charge in [-0.2, -0.15) is 0 Å². The summed E-state index contributed by atoms with van der Waals surface area (Å²) in [6.07, 6.45) is 1.10. The zero-order valence-electron chi connectivity index (χ0n) is 25.9. The van der Waals surface area contributed by atoms with Crippen LogP contribution in [0.5, 0.6) is 17.2 Å². The average molecular weight is 593 g/mol. The standard InChI is InChI=1S/C15H14O3.C11H12O3.C5H10O2.2C2H4/c1-11-3-5-12(6-4-11)15(16)18-14-9-7-13(17-2)8-10-14;1-3-11(12)14-8-13-10-6-4-9(2)5-7-10;1-3-7-4-5(2)6;2*1-2/h3-10H,1-2H3;3-7H,1,8H2,2H3;3-4H2,1-2H3;2*1-2H2. The molecule has 8 nitrogen and oxygen atoms in total. The van der Waals surface area contributed by atoms with Crippen LogP contribution in [0.3, 0.4) is 0 Å². The molecule has 0 saturated heterocycles. The summed E-state index contributed by atoms with van der Waals surface area (Å²) < 4.78 is 24.8. The Morgan fingerprint density at radius 3 is 1.63 bits per heavy atom. The first-order valence-electron chi connectivity index (χ1n) is 13.2. The number of benzene rings is 3. The molecule has 0 heterocycles. The van der Waals surface area contributed by atoms with Crippen molar-refractivity contribution >= 4 is 17.7 Å². The molecular weight excluding hydrogens is 548 g/mol. The predicted octanol–water partition coefficient (Wildman–Crippen LogP) is 7.50. The number of esters is 2. The van der Waals surface area contributed by atoms with Gasteiger partial charge in [0.05, 0.1) is 12.7 Å². The highest BCUT2D eigenvalue weighted by atomic mass is 16.7. The number of carbonyl (C=O) groups excluding carboxylic acids is 3. The Morgan fingerprint density at radius 1 is 0.744 bits per heavy atom. The zero-order chi connectivity index (χ0) is 33.0. The molecule has 0 fully saturated rings. The van der Waals surface area contributed by atoms with E-state index in [1.54, 1.807) is 43.5 Å². The molecule has 8 heteroatoms. The van der Waals surface area contributed by atoms with Crippen LogP contribution >= 0.6 is 0 Å². The zero-order valence-corrected chi connectivity index (χ0v) is 25.9. The van der Waals surface area contributed by atoms with Crippen molar-refractivity contribution in [3.63, 3.8) is 0 Å². The van der Waals surface area contributed by atoms with Crippen molar-refractivity contribution in [2.24, 2.45) is 0 Å². The highest BCUT2D eigenvalue weighted by Crippen LogP contribution is 2.18. The van der Waals surface area contributed by atoms with E-state index in [1.807, 2.05) is 57.2 Å². The molecule has 0 aliphatic heterocycles. The summed E-state index contributed by atoms with van der Waals surface area (Å²) in [6, 6.07) is 21.6. The number of hydrogen-bond acceptors (Lipinski definition) is 8. The number of rotatable bonds is 10. The summed E-state index contributed by atoms with van der Waals surface area (Å²) in [5, 5.41) is 0. The Bertz CT molecular complexity index is 1180. The van der Waals surface area contributed by atoms with Gasteiger partial charge in [0, 0.05) is 12.7 Å². The van der Waals surface area contributed by atoms with Crippen molar-refractivity contribution in [3.8, 4) is 17.2 Å². The van der Waals surface area contributed by atoms with Crippen LogP contribution in [0.25, 0.3) is 0 Å². The summed E-state index contributed by atoms with van der Waals surface area (Å²) >= 11 is 0. The number of ketones is 1. The minimum atomic E-state index is -0.489. The largest absolute Gasteiger partial charge is 0.497 e. The van der Waals surface area contributed by atoms with Crippen molar-refractivity contribution < 1.29 is 38.1 Å². The van der Waals surface area contributed by atoms with Crippen molar-refractivity contribution in [1.29, 1.82) is 0 Å². The Hall–Kier alpha value is -4.95. The lowest BCUT2D eigenvalue weighted by molar-refractivity contribution is -0.144. The number of ether oxygens (including phenoxy) is 5. The maximum atomic E-state index is 11.8. The van der Waals surface area contributed by atoms with Gasteiger partial charge < -0.3 is 23.7 Å². The SMILES string of the molecule is C=C.C=C.C=CC(=O)OCOc1ccc(C)cc1.CCOCC(C)=O.COc1ccc(OC(=O)c2ccc(C)cc2)cc1. The molecule has 43 heavy (non-hydrogen) atoms. The second-order valence-corrected chi connectivity index (χ2v) is 8.01. The lowest BCUT2D eigenvalue weighted by Crippen LogP contribution is -2.08. The van der Waals surface area contributed by atoms with Crippen molar-refractivity contribution in [2.45, 2.75) is 27.7 Å². The van der Waals surface area contributed by atoms with Gasteiger partial charge >= 0.3 is 11.9 Å². The summed E-state index contributed by atoms with van der Waals surface area (Å²) in [4.78, 5) is 32.5. The maximum Gasteiger partial charge on any atom is 0.343 e. The maximum absolute atomic E-state index is 11.8. The second-order valence-electron chi connectivity index (χ2n) is 8.01. The molecule has 0 spiro atoms. The molecule has 0 N–H and O–H groups in total. The van der Waals surface area contributed by atoms with E-state index in [4.69, 9.17) is 18.9 Å². The fourth-order valence-electron chi connectivity index (χ4n) is 2.59. The van der Waals surface area contributed by atoms with E-state index in [9.17, 15) is 14.4 Å². The fraction of sp³-hybridized carbons (Fsp3) is 0.229. The first-order chi connectivity index (χ1) is 20.7. The number of carbonyl (C=O) groups is 3. The summed E-state index contributed by atoms with van der Waals surface area (Å²) in [7, 11) is 1.59. The number of methoxy groups -OCH3 is 1. The Morgan fingerprint density at radius 2 is 1.21 bits per heavy atom. The first kappa shape index (κ1) is 40.2. The number of Topliss-reactive ketones (excluding diaryl/α,β-unsaturated/α-hetero) is 1. The topological polar surface area (TPSA) is 97.4 Å². The van der Waals surface area contributed by atoms with Gasteiger partial charge in [0.15, 0.2) is 5.78 Å². The van der Waals surface area contributed by atoms with Gasteiger partial charge in [-0.1, -0.05) is 42.0 Å². The normalized spacial score (nSPS) is 8.77. The van der Waals surface area contributed by atoms with Gasteiger partial charge in [0.1, 0.15) is 23.9 Å². The van der Waals surface area contributed by atoms with Gasteiger partial charge in [0.2, 0.25) is 6.79 Å².